The first kappa shape index (κ1) is 19.8. The first-order valence-electron chi connectivity index (χ1n) is 8.04. The fraction of sp³-hybridized carbons (Fsp3) is 0.389. The number of primary amides is 1. The first-order chi connectivity index (χ1) is 12.0. The zero-order valence-electron chi connectivity index (χ0n) is 14.7. The molecule has 2 N–H and O–H groups in total. The zero-order valence-corrected chi connectivity index (χ0v) is 16.4. The van der Waals surface area contributed by atoms with Crippen molar-refractivity contribution < 1.29 is 9.21 Å². The second-order valence-corrected chi connectivity index (χ2v) is 8.04. The van der Waals surface area contributed by atoms with Gasteiger partial charge in [0.1, 0.15) is 11.3 Å². The normalized spacial score (nSPS) is 11.2. The predicted molar refractivity (Wildman–Crippen MR) is 109 cm³/mol. The van der Waals surface area contributed by atoms with Crippen molar-refractivity contribution in [3.05, 3.63) is 48.2 Å². The van der Waals surface area contributed by atoms with E-state index in [9.17, 15) is 4.79 Å². The number of rotatable bonds is 10. The molecule has 136 valence electrons. The molecule has 2 rings (SSSR count). The average Bonchev–Trinajstić information content (AvgIpc) is 2.95. The van der Waals surface area contributed by atoms with Gasteiger partial charge >= 0.3 is 6.03 Å². The smallest absolute Gasteiger partial charge is 0.324 e. The van der Waals surface area contributed by atoms with Gasteiger partial charge in [0.05, 0.1) is 5.75 Å². The summed E-state index contributed by atoms with van der Waals surface area (Å²) in [5, 5.41) is 1.12. The van der Waals surface area contributed by atoms with Crippen molar-refractivity contribution in [3.8, 4) is 0 Å². The molecule has 0 spiro atoms. The lowest BCUT2D eigenvalue weighted by Crippen LogP contribution is -2.32. The van der Waals surface area contributed by atoms with Crippen LogP contribution in [0.5, 0.6) is 0 Å². The highest BCUT2D eigenvalue weighted by atomic mass is 32.2. The molecule has 0 aliphatic rings. The molecule has 0 saturated carbocycles. The van der Waals surface area contributed by atoms with Crippen molar-refractivity contribution >= 4 is 40.7 Å². The monoisotopic (exact) mass is 379 g/mol. The maximum Gasteiger partial charge on any atom is 0.324 e. The molecule has 0 unspecified atom stereocenters. The lowest BCUT2D eigenvalue weighted by atomic mass is 10.1. The van der Waals surface area contributed by atoms with E-state index < -0.39 is 6.03 Å². The molecule has 25 heavy (non-hydrogen) atoms. The van der Waals surface area contributed by atoms with Gasteiger partial charge < -0.3 is 15.1 Å². The van der Waals surface area contributed by atoms with Gasteiger partial charge in [0.15, 0.2) is 0 Å². The Morgan fingerprint density at radius 3 is 2.84 bits per heavy atom. The summed E-state index contributed by atoms with van der Waals surface area (Å²) in [6, 6.07) is 8.01. The highest BCUT2D eigenvalue weighted by molar-refractivity contribution is 7.99. The van der Waals surface area contributed by atoms with Crippen LogP contribution < -0.4 is 5.73 Å². The number of urea groups is 1. The number of furan rings is 1. The number of benzene rings is 1. The number of amides is 2. The minimum atomic E-state index is -0.412. The van der Waals surface area contributed by atoms with E-state index in [1.807, 2.05) is 0 Å². The van der Waals surface area contributed by atoms with Crippen LogP contribution in [0.4, 0.5) is 4.79 Å². The molecule has 0 saturated heterocycles. The number of nitrogens with zero attached hydrogens (tertiary/aromatic N) is 2. The summed E-state index contributed by atoms with van der Waals surface area (Å²) < 4.78 is 7.52. The Hall–Kier alpha value is -1.57. The average molecular weight is 380 g/mol. The summed E-state index contributed by atoms with van der Waals surface area (Å²) in [6.07, 6.45) is 1.76. The van der Waals surface area contributed by atoms with Crippen molar-refractivity contribution in [1.82, 2.24) is 9.21 Å². The van der Waals surface area contributed by atoms with Gasteiger partial charge in [-0.15, -0.1) is 6.58 Å². The molecule has 0 radical (unpaired) electrons. The van der Waals surface area contributed by atoms with E-state index in [4.69, 9.17) is 10.2 Å². The number of fused-ring (bicyclic) bond motifs is 1. The van der Waals surface area contributed by atoms with E-state index in [-0.39, 0.29) is 0 Å². The van der Waals surface area contributed by atoms with Crippen molar-refractivity contribution in [1.29, 1.82) is 0 Å². The standard InChI is InChI=1S/C18H25N3O2S2/c1-4-8-25-21(18(19)22)7-9-24-13-16-11-15-6-5-14(12-20(2)3)10-17(15)23-16/h4-6,10-11H,1,7-9,12-13H2,2-3H3,(H2,19,22). The summed E-state index contributed by atoms with van der Waals surface area (Å²) in [6.45, 7) is 5.15. The number of nitrogens with two attached hydrogens (primary N) is 1. The number of hydrogen-bond donors (Lipinski definition) is 1. The summed E-state index contributed by atoms with van der Waals surface area (Å²) in [5.41, 5.74) is 7.54. The molecule has 0 atom stereocenters. The quantitative estimate of drug-likeness (QED) is 0.385. The van der Waals surface area contributed by atoms with E-state index in [1.54, 1.807) is 22.1 Å². The van der Waals surface area contributed by atoms with Crippen LogP contribution in [0, 0.1) is 0 Å². The third-order valence-corrected chi connectivity index (χ3v) is 5.43. The van der Waals surface area contributed by atoms with Crippen LogP contribution in [0.3, 0.4) is 0 Å². The Labute approximate surface area is 157 Å². The lowest BCUT2D eigenvalue weighted by Gasteiger charge is -2.17. The van der Waals surface area contributed by atoms with Gasteiger partial charge in [0, 0.05) is 30.0 Å². The molecule has 7 heteroatoms. The van der Waals surface area contributed by atoms with Gasteiger partial charge in [-0.1, -0.05) is 18.2 Å². The lowest BCUT2D eigenvalue weighted by molar-refractivity contribution is 0.236. The van der Waals surface area contributed by atoms with E-state index in [0.29, 0.717) is 12.3 Å². The summed E-state index contributed by atoms with van der Waals surface area (Å²) in [5.74, 6) is 3.20. The Kier molecular flexibility index (Phi) is 7.74. The van der Waals surface area contributed by atoms with Gasteiger partial charge in [0.25, 0.3) is 0 Å². The minimum Gasteiger partial charge on any atom is -0.460 e. The SMILES string of the molecule is C=CCSN(CCSCc1cc2ccc(CN(C)C)cc2o1)C(N)=O. The molecule has 1 heterocycles. The maximum absolute atomic E-state index is 11.4. The summed E-state index contributed by atoms with van der Waals surface area (Å²) in [7, 11) is 4.11. The van der Waals surface area contributed by atoms with E-state index in [1.165, 1.54) is 17.5 Å². The predicted octanol–water partition coefficient (Wildman–Crippen LogP) is 3.94. The minimum absolute atomic E-state index is 0.412. The van der Waals surface area contributed by atoms with E-state index in [2.05, 4.69) is 49.8 Å². The molecular weight excluding hydrogens is 354 g/mol. The molecule has 1 aromatic heterocycles. The Bertz CT molecular complexity index is 715. The van der Waals surface area contributed by atoms with Crippen LogP contribution >= 0.6 is 23.7 Å². The van der Waals surface area contributed by atoms with Crippen molar-refractivity contribution in [2.75, 3.05) is 32.1 Å². The highest BCUT2D eigenvalue weighted by Crippen LogP contribution is 2.24. The van der Waals surface area contributed by atoms with Crippen LogP contribution in [0.2, 0.25) is 0 Å². The Morgan fingerprint density at radius 1 is 1.36 bits per heavy atom. The molecule has 1 aromatic carbocycles. The van der Waals surface area contributed by atoms with E-state index in [0.717, 1.165) is 34.8 Å². The fourth-order valence-electron chi connectivity index (χ4n) is 2.37. The molecule has 0 aliphatic heterocycles. The van der Waals surface area contributed by atoms with E-state index >= 15 is 0 Å². The molecule has 0 bridgehead atoms. The summed E-state index contributed by atoms with van der Waals surface area (Å²) in [4.78, 5) is 13.5. The second-order valence-electron chi connectivity index (χ2n) is 5.90. The van der Waals surface area contributed by atoms with Crippen LogP contribution in [-0.2, 0) is 12.3 Å². The number of thioether (sulfide) groups is 1. The number of carbonyl (C=O) groups is 1. The molecule has 0 fully saturated rings. The van der Waals surface area contributed by atoms with Crippen molar-refractivity contribution in [2.45, 2.75) is 12.3 Å². The molecule has 5 nitrogen and oxygen atoms in total. The van der Waals surface area contributed by atoms with Crippen LogP contribution in [0.1, 0.15) is 11.3 Å². The molecular formula is C18H25N3O2S2. The topological polar surface area (TPSA) is 62.7 Å². The first-order valence-corrected chi connectivity index (χ1v) is 10.1. The molecule has 2 amide bonds. The van der Waals surface area contributed by atoms with Gasteiger partial charge in [-0.05, 0) is 43.7 Å². The fourth-order valence-corrected chi connectivity index (χ4v) is 3.91. The van der Waals surface area contributed by atoms with Crippen molar-refractivity contribution in [3.63, 3.8) is 0 Å². The maximum atomic E-state index is 11.4. The van der Waals surface area contributed by atoms with Gasteiger partial charge in [-0.25, -0.2) is 4.79 Å². The number of carbonyl (C=O) groups excluding carboxylic acids is 1. The largest absolute Gasteiger partial charge is 0.460 e. The third kappa shape index (κ3) is 6.34. The molecule has 2 aromatic rings. The Morgan fingerprint density at radius 2 is 2.16 bits per heavy atom. The highest BCUT2D eigenvalue weighted by Gasteiger charge is 2.10. The zero-order chi connectivity index (χ0) is 18.2. The third-order valence-electron chi connectivity index (χ3n) is 3.41. The van der Waals surface area contributed by atoms with Crippen molar-refractivity contribution in [2.24, 2.45) is 5.73 Å². The van der Waals surface area contributed by atoms with Crippen LogP contribution in [0.15, 0.2) is 41.3 Å². The second kappa shape index (κ2) is 9.79. The number of hydrogen-bond acceptors (Lipinski definition) is 5. The summed E-state index contributed by atoms with van der Waals surface area (Å²) >= 11 is 3.11. The van der Waals surface area contributed by atoms with Gasteiger partial charge in [-0.3, -0.25) is 4.31 Å². The van der Waals surface area contributed by atoms with Gasteiger partial charge in [0.2, 0.25) is 0 Å². The van der Waals surface area contributed by atoms with Gasteiger partial charge in [-0.2, -0.15) is 11.8 Å². The molecule has 0 aliphatic carbocycles. The Balaban J connectivity index is 1.86. The van der Waals surface area contributed by atoms with Crippen LogP contribution in [-0.4, -0.2) is 47.4 Å². The van der Waals surface area contributed by atoms with Crippen LogP contribution in [0.25, 0.3) is 11.0 Å².